The first-order chi connectivity index (χ1) is 8.25. The van der Waals surface area contributed by atoms with E-state index >= 15 is 0 Å². The van der Waals surface area contributed by atoms with E-state index in [1.807, 2.05) is 0 Å². The van der Waals surface area contributed by atoms with Gasteiger partial charge in [-0.05, 0) is 56.3 Å². The minimum Gasteiger partial charge on any atom is -0.310 e. The smallest absolute Gasteiger partial charge is 0.0291 e. The minimum absolute atomic E-state index is 0.439. The van der Waals surface area contributed by atoms with Crippen LogP contribution < -0.4 is 5.32 Å². The summed E-state index contributed by atoms with van der Waals surface area (Å²) in [4.78, 5) is 0. The van der Waals surface area contributed by atoms with Crippen LogP contribution in [-0.4, -0.2) is 6.54 Å². The molecule has 17 heavy (non-hydrogen) atoms. The summed E-state index contributed by atoms with van der Waals surface area (Å²) in [5.41, 5.74) is 1.36. The molecule has 1 nitrogen and oxygen atoms in total. The van der Waals surface area contributed by atoms with Gasteiger partial charge < -0.3 is 5.32 Å². The second-order valence-corrected chi connectivity index (χ2v) is 5.75. The molecule has 1 aliphatic rings. The fourth-order valence-electron chi connectivity index (χ4n) is 2.25. The van der Waals surface area contributed by atoms with Crippen LogP contribution in [0.4, 0.5) is 0 Å². The Bertz CT molecular complexity index is 369. The molecular weight excluding hydrogens is 274 g/mol. The molecule has 2 atom stereocenters. The molecule has 1 aromatic carbocycles. The molecule has 0 spiro atoms. The third-order valence-electron chi connectivity index (χ3n) is 3.46. The predicted molar refractivity (Wildman–Crippen MR) is 77.0 cm³/mol. The van der Waals surface area contributed by atoms with Crippen molar-refractivity contribution in [2.24, 2.45) is 5.92 Å². The van der Waals surface area contributed by atoms with Crippen LogP contribution in [0, 0.1) is 5.92 Å². The number of rotatable bonds is 4. The molecule has 2 unspecified atom stereocenters. The van der Waals surface area contributed by atoms with Crippen molar-refractivity contribution in [1.82, 2.24) is 5.32 Å². The third kappa shape index (κ3) is 3.97. The maximum atomic E-state index is 3.64. The molecule has 0 aliphatic heterocycles. The summed E-state index contributed by atoms with van der Waals surface area (Å²) in [6.07, 6.45) is 8.43. The highest BCUT2D eigenvalue weighted by atomic mass is 79.9. The molecule has 0 aromatic heterocycles. The first kappa shape index (κ1) is 12.8. The van der Waals surface area contributed by atoms with Crippen LogP contribution in [0.25, 0.3) is 0 Å². The number of halogens is 1. The Labute approximate surface area is 112 Å². The molecule has 1 aliphatic carbocycles. The van der Waals surface area contributed by atoms with Gasteiger partial charge in [-0.25, -0.2) is 0 Å². The van der Waals surface area contributed by atoms with Crippen molar-refractivity contribution >= 4 is 15.9 Å². The van der Waals surface area contributed by atoms with Crippen molar-refractivity contribution in [3.63, 3.8) is 0 Å². The highest BCUT2D eigenvalue weighted by Gasteiger charge is 2.11. The normalized spacial score (nSPS) is 21.4. The van der Waals surface area contributed by atoms with Gasteiger partial charge in [0.1, 0.15) is 0 Å². The average Bonchev–Trinajstić information content (AvgIpc) is 2.38. The van der Waals surface area contributed by atoms with Crippen molar-refractivity contribution < 1.29 is 0 Å². The number of hydrogen-bond donors (Lipinski definition) is 1. The zero-order valence-electron chi connectivity index (χ0n) is 10.3. The highest BCUT2D eigenvalue weighted by molar-refractivity contribution is 9.10. The molecule has 92 valence electrons. The molecule has 0 saturated carbocycles. The molecule has 0 radical (unpaired) electrons. The highest BCUT2D eigenvalue weighted by Crippen LogP contribution is 2.20. The fraction of sp³-hybridized carbons (Fsp3) is 0.467. The lowest BCUT2D eigenvalue weighted by Gasteiger charge is -2.21. The molecule has 2 rings (SSSR count). The zero-order chi connectivity index (χ0) is 12.1. The van der Waals surface area contributed by atoms with E-state index in [0.29, 0.717) is 6.04 Å². The van der Waals surface area contributed by atoms with Crippen molar-refractivity contribution in [3.05, 3.63) is 46.5 Å². The Kier molecular flexibility index (Phi) is 4.81. The molecule has 0 saturated heterocycles. The number of benzene rings is 1. The summed E-state index contributed by atoms with van der Waals surface area (Å²) in [5, 5.41) is 3.64. The van der Waals surface area contributed by atoms with E-state index < -0.39 is 0 Å². The van der Waals surface area contributed by atoms with Crippen molar-refractivity contribution in [2.45, 2.75) is 32.2 Å². The molecule has 0 fully saturated rings. The minimum atomic E-state index is 0.439. The lowest BCUT2D eigenvalue weighted by Crippen LogP contribution is -2.26. The van der Waals surface area contributed by atoms with Crippen LogP contribution in [0.3, 0.4) is 0 Å². The summed E-state index contributed by atoms with van der Waals surface area (Å²) < 4.78 is 1.14. The topological polar surface area (TPSA) is 12.0 Å². The van der Waals surface area contributed by atoms with Gasteiger partial charge in [-0.3, -0.25) is 0 Å². The van der Waals surface area contributed by atoms with Crippen molar-refractivity contribution in [1.29, 1.82) is 0 Å². The van der Waals surface area contributed by atoms with E-state index in [9.17, 15) is 0 Å². The lowest BCUT2D eigenvalue weighted by atomic mass is 9.94. The standard InChI is InChI=1S/C15H20BrN/c1-12(14-7-9-15(16)10-8-14)17-11-13-5-3-2-4-6-13/h2-3,7-10,12-13,17H,4-6,11H2,1H3. The maximum Gasteiger partial charge on any atom is 0.0291 e. The number of allylic oxidation sites excluding steroid dienone is 2. The zero-order valence-corrected chi connectivity index (χ0v) is 11.9. The summed E-state index contributed by atoms with van der Waals surface area (Å²) in [7, 11) is 0. The van der Waals surface area contributed by atoms with Gasteiger partial charge in [-0.2, -0.15) is 0 Å². The molecular formula is C15H20BrN. The van der Waals surface area contributed by atoms with E-state index in [1.54, 1.807) is 0 Å². The van der Waals surface area contributed by atoms with Gasteiger partial charge in [0.15, 0.2) is 0 Å². The first-order valence-corrected chi connectivity index (χ1v) is 7.19. The number of hydrogen-bond acceptors (Lipinski definition) is 1. The quantitative estimate of drug-likeness (QED) is 0.809. The van der Waals surface area contributed by atoms with Crippen LogP contribution >= 0.6 is 15.9 Å². The van der Waals surface area contributed by atoms with Crippen molar-refractivity contribution in [3.8, 4) is 0 Å². The van der Waals surface area contributed by atoms with Gasteiger partial charge in [0.25, 0.3) is 0 Å². The van der Waals surface area contributed by atoms with Crippen LogP contribution in [0.5, 0.6) is 0 Å². The molecule has 0 bridgehead atoms. The molecule has 2 heteroatoms. The summed E-state index contributed by atoms with van der Waals surface area (Å²) in [5.74, 6) is 0.817. The summed E-state index contributed by atoms with van der Waals surface area (Å²) in [6, 6.07) is 9.02. The summed E-state index contributed by atoms with van der Waals surface area (Å²) in [6.45, 7) is 3.36. The van der Waals surface area contributed by atoms with Gasteiger partial charge in [-0.15, -0.1) is 0 Å². The lowest BCUT2D eigenvalue weighted by molar-refractivity contribution is 0.415. The van der Waals surface area contributed by atoms with Crippen LogP contribution in [-0.2, 0) is 0 Å². The van der Waals surface area contributed by atoms with Crippen LogP contribution in [0.1, 0.15) is 37.8 Å². The van der Waals surface area contributed by atoms with Crippen LogP contribution in [0.15, 0.2) is 40.9 Å². The Morgan fingerprint density at radius 3 is 2.71 bits per heavy atom. The monoisotopic (exact) mass is 293 g/mol. The first-order valence-electron chi connectivity index (χ1n) is 6.39. The SMILES string of the molecule is CC(NCC1CC=CCC1)c1ccc(Br)cc1. The van der Waals surface area contributed by atoms with E-state index in [-0.39, 0.29) is 0 Å². The van der Waals surface area contributed by atoms with Gasteiger partial charge >= 0.3 is 0 Å². The molecule has 1 N–H and O–H groups in total. The van der Waals surface area contributed by atoms with E-state index in [4.69, 9.17) is 0 Å². The van der Waals surface area contributed by atoms with Gasteiger partial charge in [-0.1, -0.05) is 40.2 Å². The Balaban J connectivity index is 1.82. The molecule has 0 heterocycles. The third-order valence-corrected chi connectivity index (χ3v) is 3.99. The molecule has 0 amide bonds. The second-order valence-electron chi connectivity index (χ2n) is 4.83. The Morgan fingerprint density at radius 1 is 1.29 bits per heavy atom. The Hall–Kier alpha value is -0.600. The second kappa shape index (κ2) is 6.36. The van der Waals surface area contributed by atoms with E-state index in [1.165, 1.54) is 24.8 Å². The average molecular weight is 294 g/mol. The Morgan fingerprint density at radius 2 is 2.06 bits per heavy atom. The molecule has 1 aromatic rings. The fourth-order valence-corrected chi connectivity index (χ4v) is 2.52. The van der Waals surface area contributed by atoms with E-state index in [0.717, 1.165) is 16.9 Å². The van der Waals surface area contributed by atoms with Crippen LogP contribution in [0.2, 0.25) is 0 Å². The van der Waals surface area contributed by atoms with Gasteiger partial charge in [0, 0.05) is 10.5 Å². The van der Waals surface area contributed by atoms with Gasteiger partial charge in [0.2, 0.25) is 0 Å². The largest absolute Gasteiger partial charge is 0.310 e. The van der Waals surface area contributed by atoms with Crippen molar-refractivity contribution in [2.75, 3.05) is 6.54 Å². The maximum absolute atomic E-state index is 3.64. The predicted octanol–water partition coefficient (Wildman–Crippen LogP) is 4.46. The van der Waals surface area contributed by atoms with Gasteiger partial charge in [0.05, 0.1) is 0 Å². The number of nitrogens with one attached hydrogen (secondary N) is 1. The van der Waals surface area contributed by atoms with E-state index in [2.05, 4.69) is 64.6 Å². The summed E-state index contributed by atoms with van der Waals surface area (Å²) >= 11 is 3.47.